The summed E-state index contributed by atoms with van der Waals surface area (Å²) in [7, 11) is 0. The quantitative estimate of drug-likeness (QED) is 0.254. The van der Waals surface area contributed by atoms with Crippen molar-refractivity contribution in [3.63, 3.8) is 0 Å². The Morgan fingerprint density at radius 3 is 2.47 bits per heavy atom. The number of oxazole rings is 1. The molecule has 0 saturated carbocycles. The zero-order chi connectivity index (χ0) is 25.6. The Hall–Kier alpha value is -3.57. The number of hydrogen-bond acceptors (Lipinski definition) is 7. The Bertz CT molecular complexity index is 1270. The maximum absolute atomic E-state index is 12.4. The molecule has 36 heavy (non-hydrogen) atoms. The lowest BCUT2D eigenvalue weighted by molar-refractivity contribution is -0.0328. The average molecular weight is 517 g/mol. The van der Waals surface area contributed by atoms with Gasteiger partial charge in [0.1, 0.15) is 24.3 Å². The van der Waals surface area contributed by atoms with Gasteiger partial charge in [-0.2, -0.15) is 13.2 Å². The summed E-state index contributed by atoms with van der Waals surface area (Å²) in [5, 5.41) is 18.9. The summed E-state index contributed by atoms with van der Waals surface area (Å²) in [6.45, 7) is 2.15. The molecule has 2 aromatic carbocycles. The number of aliphatic hydroxyl groups is 1. The molecule has 0 fully saturated rings. The van der Waals surface area contributed by atoms with Gasteiger partial charge in [-0.25, -0.2) is 9.67 Å². The van der Waals surface area contributed by atoms with Gasteiger partial charge in [-0.05, 0) is 47.7 Å². The number of ether oxygens (including phenoxy) is 1. The van der Waals surface area contributed by atoms with E-state index >= 15 is 0 Å². The fraction of sp³-hybridized carbons (Fsp3) is 0.240. The molecule has 188 valence electrons. The number of alkyl halides is 3. The molecule has 1 unspecified atom stereocenters. The van der Waals surface area contributed by atoms with Crippen LogP contribution in [0.25, 0.3) is 12.2 Å². The summed E-state index contributed by atoms with van der Waals surface area (Å²) in [4.78, 5) is 4.45. The normalized spacial score (nSPS) is 13.7. The second-order valence-electron chi connectivity index (χ2n) is 7.85. The minimum Gasteiger partial charge on any atom is -0.487 e. The van der Waals surface area contributed by atoms with Gasteiger partial charge in [0.2, 0.25) is 5.89 Å². The van der Waals surface area contributed by atoms with Crippen LogP contribution in [0.3, 0.4) is 0 Å². The van der Waals surface area contributed by atoms with Crippen molar-refractivity contribution in [3.8, 4) is 5.75 Å². The molecule has 0 bridgehead atoms. The molecule has 0 aliphatic rings. The third-order valence-corrected chi connectivity index (χ3v) is 5.94. The van der Waals surface area contributed by atoms with Crippen molar-refractivity contribution >= 4 is 23.9 Å². The zero-order valence-corrected chi connectivity index (χ0v) is 20.0. The van der Waals surface area contributed by atoms with Crippen LogP contribution in [0, 0.1) is 0 Å². The SMILES string of the molecule is CCCC(O)(c1ccc(OCc2coc(C=Cc3ccc(SC(F)(F)F)cc3)n2)cc1)n1ccnn1. The summed E-state index contributed by atoms with van der Waals surface area (Å²) in [5.41, 5.74) is -3.66. The van der Waals surface area contributed by atoms with E-state index in [0.29, 0.717) is 34.9 Å². The van der Waals surface area contributed by atoms with Crippen molar-refractivity contribution < 1.29 is 27.4 Å². The standard InChI is InChI=1S/C25H23F3N4O3S/c1-2-13-24(33,32-15-14-29-31-32)19-6-8-21(9-7-19)34-16-20-17-35-23(30-20)12-5-18-3-10-22(11-4-18)36-25(26,27)28/h3-12,14-15,17,33H,2,13,16H2,1H3. The van der Waals surface area contributed by atoms with Crippen LogP contribution >= 0.6 is 11.8 Å². The van der Waals surface area contributed by atoms with Crippen LogP contribution in [0.2, 0.25) is 0 Å². The molecule has 11 heteroatoms. The predicted molar refractivity (Wildman–Crippen MR) is 129 cm³/mol. The minimum atomic E-state index is -4.31. The molecule has 0 saturated heterocycles. The first-order chi connectivity index (χ1) is 17.2. The van der Waals surface area contributed by atoms with Gasteiger partial charge in [0.25, 0.3) is 0 Å². The summed E-state index contributed by atoms with van der Waals surface area (Å²) in [6, 6.07) is 13.1. The number of nitrogens with zero attached hydrogens (tertiary/aromatic N) is 4. The molecular weight excluding hydrogens is 493 g/mol. The molecule has 0 aliphatic carbocycles. The van der Waals surface area contributed by atoms with Gasteiger partial charge < -0.3 is 14.3 Å². The van der Waals surface area contributed by atoms with Crippen LogP contribution in [0.5, 0.6) is 5.75 Å². The third-order valence-electron chi connectivity index (χ3n) is 5.21. The lowest BCUT2D eigenvalue weighted by Crippen LogP contribution is -2.35. The molecule has 4 rings (SSSR count). The first-order valence-electron chi connectivity index (χ1n) is 11.1. The Morgan fingerprint density at radius 2 is 1.83 bits per heavy atom. The van der Waals surface area contributed by atoms with Gasteiger partial charge in [-0.15, -0.1) is 5.10 Å². The van der Waals surface area contributed by atoms with Crippen LogP contribution in [0.1, 0.15) is 42.5 Å². The van der Waals surface area contributed by atoms with E-state index in [1.807, 2.05) is 6.92 Å². The van der Waals surface area contributed by atoms with Crippen molar-refractivity contribution in [1.82, 2.24) is 20.0 Å². The number of thioether (sulfide) groups is 1. The van der Waals surface area contributed by atoms with Gasteiger partial charge in [-0.3, -0.25) is 0 Å². The fourth-order valence-corrected chi connectivity index (χ4v) is 4.07. The van der Waals surface area contributed by atoms with Gasteiger partial charge in [0.15, 0.2) is 5.72 Å². The maximum atomic E-state index is 12.4. The number of benzene rings is 2. The van der Waals surface area contributed by atoms with Crippen molar-refractivity contribution in [2.45, 2.75) is 42.5 Å². The zero-order valence-electron chi connectivity index (χ0n) is 19.2. The van der Waals surface area contributed by atoms with Crippen LogP contribution in [-0.4, -0.2) is 30.6 Å². The lowest BCUT2D eigenvalue weighted by atomic mass is 9.98. The Labute approximate surface area is 209 Å². The summed E-state index contributed by atoms with van der Waals surface area (Å²) < 4.78 is 49.9. The van der Waals surface area contributed by atoms with Crippen LogP contribution in [0.15, 0.2) is 76.5 Å². The fourth-order valence-electron chi connectivity index (χ4n) is 3.53. The van der Waals surface area contributed by atoms with E-state index in [0.717, 1.165) is 6.42 Å². The topological polar surface area (TPSA) is 86.2 Å². The first kappa shape index (κ1) is 25.5. The van der Waals surface area contributed by atoms with Crippen molar-refractivity contribution in [3.05, 3.63) is 89.9 Å². The van der Waals surface area contributed by atoms with Crippen LogP contribution in [0.4, 0.5) is 13.2 Å². The van der Waals surface area contributed by atoms with E-state index in [9.17, 15) is 18.3 Å². The highest BCUT2D eigenvalue weighted by atomic mass is 32.2. The molecule has 2 aromatic heterocycles. The number of rotatable bonds is 10. The van der Waals surface area contributed by atoms with Gasteiger partial charge in [-0.1, -0.05) is 42.8 Å². The maximum Gasteiger partial charge on any atom is 0.446 e. The average Bonchev–Trinajstić information content (AvgIpc) is 3.55. The van der Waals surface area contributed by atoms with Crippen LogP contribution in [-0.2, 0) is 12.3 Å². The second kappa shape index (κ2) is 11.0. The monoisotopic (exact) mass is 516 g/mol. The van der Waals surface area contributed by atoms with Crippen LogP contribution < -0.4 is 4.74 Å². The van der Waals surface area contributed by atoms with Gasteiger partial charge in [0.05, 0.1) is 6.20 Å². The van der Waals surface area contributed by atoms with E-state index in [-0.39, 0.29) is 23.3 Å². The van der Waals surface area contributed by atoms with E-state index in [1.54, 1.807) is 54.7 Å². The highest BCUT2D eigenvalue weighted by molar-refractivity contribution is 8.00. The molecular formula is C25H23F3N4O3S. The largest absolute Gasteiger partial charge is 0.487 e. The van der Waals surface area contributed by atoms with Gasteiger partial charge in [0, 0.05) is 29.2 Å². The van der Waals surface area contributed by atoms with Gasteiger partial charge >= 0.3 is 5.51 Å². The summed E-state index contributed by atoms with van der Waals surface area (Å²) >= 11 is -0.154. The van der Waals surface area contributed by atoms with E-state index in [2.05, 4.69) is 15.3 Å². The van der Waals surface area contributed by atoms with Crippen molar-refractivity contribution in [2.75, 3.05) is 0 Å². The summed E-state index contributed by atoms with van der Waals surface area (Å²) in [6.07, 6.45) is 9.17. The molecule has 0 amide bonds. The third kappa shape index (κ3) is 6.55. The molecule has 0 aliphatic heterocycles. The number of halogens is 3. The smallest absolute Gasteiger partial charge is 0.446 e. The van der Waals surface area contributed by atoms with E-state index in [4.69, 9.17) is 9.15 Å². The Morgan fingerprint density at radius 1 is 1.08 bits per heavy atom. The number of aromatic nitrogens is 4. The predicted octanol–water partition coefficient (Wildman–Crippen LogP) is 6.12. The number of hydrogen-bond donors (Lipinski definition) is 1. The highest BCUT2D eigenvalue weighted by Gasteiger charge is 2.31. The Balaban J connectivity index is 1.34. The summed E-state index contributed by atoms with van der Waals surface area (Å²) in [5.74, 6) is 0.934. The molecule has 1 N–H and O–H groups in total. The molecule has 4 aromatic rings. The first-order valence-corrected chi connectivity index (χ1v) is 11.9. The van der Waals surface area contributed by atoms with Crippen molar-refractivity contribution in [1.29, 1.82) is 0 Å². The molecule has 0 radical (unpaired) electrons. The van der Waals surface area contributed by atoms with E-state index < -0.39 is 11.2 Å². The lowest BCUT2D eigenvalue weighted by Gasteiger charge is -2.28. The molecule has 2 heterocycles. The highest BCUT2D eigenvalue weighted by Crippen LogP contribution is 2.36. The second-order valence-corrected chi connectivity index (χ2v) is 8.99. The van der Waals surface area contributed by atoms with E-state index in [1.165, 1.54) is 29.3 Å². The van der Waals surface area contributed by atoms with Crippen molar-refractivity contribution in [2.24, 2.45) is 0 Å². The Kier molecular flexibility index (Phi) is 7.80. The minimum absolute atomic E-state index is 0.122. The molecule has 1 atom stereocenters. The molecule has 0 spiro atoms. The molecule has 7 nitrogen and oxygen atoms in total.